The number of imide groups is 1. The topological polar surface area (TPSA) is 66.5 Å². The van der Waals surface area contributed by atoms with Crippen molar-refractivity contribution < 1.29 is 14.4 Å². The van der Waals surface area contributed by atoms with E-state index in [0.29, 0.717) is 17.8 Å². The highest BCUT2D eigenvalue weighted by Gasteiger charge is 2.64. The third kappa shape index (κ3) is 6.50. The van der Waals surface area contributed by atoms with Crippen LogP contribution in [0.1, 0.15) is 122 Å². The number of amides is 3. The SMILES string of the molecule is CCCC(C(C)C)C(C)(C)C(C)(C)CCC(C)(C)C1CC1(C)C(C)(C)NC(=O)CCN1C(=O)C=CC1=O. The van der Waals surface area contributed by atoms with Gasteiger partial charge in [-0.25, -0.2) is 0 Å². The summed E-state index contributed by atoms with van der Waals surface area (Å²) >= 11 is 0. The monoisotopic (exact) mass is 516 g/mol. The molecule has 37 heavy (non-hydrogen) atoms. The molecule has 1 saturated carbocycles. The molecule has 212 valence electrons. The Balaban J connectivity index is 2.01. The lowest BCUT2D eigenvalue weighted by Crippen LogP contribution is -2.51. The van der Waals surface area contributed by atoms with Gasteiger partial charge in [-0.2, -0.15) is 0 Å². The second-order valence-electron chi connectivity index (χ2n) is 15.0. The zero-order chi connectivity index (χ0) is 28.6. The highest BCUT2D eigenvalue weighted by Crippen LogP contribution is 2.67. The molecule has 0 saturated heterocycles. The minimum Gasteiger partial charge on any atom is -0.351 e. The second-order valence-corrected chi connectivity index (χ2v) is 15.0. The summed E-state index contributed by atoms with van der Waals surface area (Å²) in [6.07, 6.45) is 8.61. The van der Waals surface area contributed by atoms with Crippen LogP contribution in [0.15, 0.2) is 12.2 Å². The van der Waals surface area contributed by atoms with Crippen LogP contribution >= 0.6 is 0 Å². The molecule has 3 amide bonds. The standard InChI is InChI=1S/C32H56N2O3/c1-13-14-23(22(2)3)30(8,9)29(6,7)19-18-28(4,5)24-21-32(24,12)31(10,11)33-25(35)17-20-34-26(36)15-16-27(34)37/h15-16,22-24H,13-14,17-21H2,1-12H3,(H,33,35). The van der Waals surface area contributed by atoms with Crippen molar-refractivity contribution in [1.82, 2.24) is 10.2 Å². The summed E-state index contributed by atoms with van der Waals surface area (Å²) in [4.78, 5) is 37.5. The van der Waals surface area contributed by atoms with E-state index >= 15 is 0 Å². The maximum Gasteiger partial charge on any atom is 0.253 e. The maximum atomic E-state index is 12.8. The fourth-order valence-corrected chi connectivity index (χ4v) is 7.08. The highest BCUT2D eigenvalue weighted by molar-refractivity contribution is 6.13. The summed E-state index contributed by atoms with van der Waals surface area (Å²) in [5, 5.41) is 3.24. The molecule has 1 N–H and O–H groups in total. The average molecular weight is 517 g/mol. The molecule has 5 heteroatoms. The van der Waals surface area contributed by atoms with Gasteiger partial charge in [-0.05, 0) is 78.9 Å². The van der Waals surface area contributed by atoms with Gasteiger partial charge >= 0.3 is 0 Å². The minimum absolute atomic E-state index is 0.00926. The lowest BCUT2D eigenvalue weighted by molar-refractivity contribution is -0.137. The van der Waals surface area contributed by atoms with Crippen LogP contribution in [0.5, 0.6) is 0 Å². The largest absolute Gasteiger partial charge is 0.351 e. The van der Waals surface area contributed by atoms with Gasteiger partial charge < -0.3 is 5.32 Å². The minimum atomic E-state index is -0.373. The smallest absolute Gasteiger partial charge is 0.253 e. The van der Waals surface area contributed by atoms with Crippen LogP contribution < -0.4 is 5.32 Å². The molecule has 2 rings (SSSR count). The Kier molecular flexibility index (Phi) is 9.25. The van der Waals surface area contributed by atoms with Crippen LogP contribution in [0.2, 0.25) is 0 Å². The van der Waals surface area contributed by atoms with Crippen LogP contribution in [-0.2, 0) is 14.4 Å². The van der Waals surface area contributed by atoms with E-state index in [1.54, 1.807) is 0 Å². The number of carbonyl (C=O) groups excluding carboxylic acids is 3. The van der Waals surface area contributed by atoms with Crippen molar-refractivity contribution in [3.8, 4) is 0 Å². The average Bonchev–Trinajstić information content (AvgIpc) is 3.40. The summed E-state index contributed by atoms with van der Waals surface area (Å²) in [5.41, 5.74) is 0.281. The maximum absolute atomic E-state index is 12.8. The zero-order valence-electron chi connectivity index (χ0n) is 26.0. The molecule has 3 unspecified atom stereocenters. The first-order chi connectivity index (χ1) is 16.7. The van der Waals surface area contributed by atoms with Crippen LogP contribution in [0, 0.1) is 39.4 Å². The molecule has 2 aliphatic rings. The zero-order valence-corrected chi connectivity index (χ0v) is 26.0. The first kappa shape index (κ1) is 31.6. The summed E-state index contributed by atoms with van der Waals surface area (Å²) < 4.78 is 0. The molecule has 0 aromatic heterocycles. The van der Waals surface area contributed by atoms with Gasteiger partial charge in [0.05, 0.1) is 0 Å². The van der Waals surface area contributed by atoms with E-state index in [4.69, 9.17) is 0 Å². The van der Waals surface area contributed by atoms with Gasteiger partial charge in [-0.3, -0.25) is 19.3 Å². The number of nitrogens with zero attached hydrogens (tertiary/aromatic N) is 1. The van der Waals surface area contributed by atoms with Crippen LogP contribution in [0.3, 0.4) is 0 Å². The molecule has 0 spiro atoms. The fraction of sp³-hybridized carbons (Fsp3) is 0.844. The molecule has 5 nitrogen and oxygen atoms in total. The van der Waals surface area contributed by atoms with Crippen molar-refractivity contribution in [2.24, 2.45) is 39.4 Å². The first-order valence-electron chi connectivity index (χ1n) is 14.6. The Labute approximate surface area is 227 Å². The predicted octanol–water partition coefficient (Wildman–Crippen LogP) is 7.15. The lowest BCUT2D eigenvalue weighted by Gasteiger charge is -2.50. The van der Waals surface area contributed by atoms with Gasteiger partial charge in [0.2, 0.25) is 5.91 Å². The predicted molar refractivity (Wildman–Crippen MR) is 153 cm³/mol. The van der Waals surface area contributed by atoms with Crippen LogP contribution in [-0.4, -0.2) is 34.7 Å². The van der Waals surface area contributed by atoms with E-state index in [0.717, 1.165) is 17.7 Å². The molecule has 1 heterocycles. The van der Waals surface area contributed by atoms with Gasteiger partial charge in [0.15, 0.2) is 0 Å². The Morgan fingerprint density at radius 3 is 2.05 bits per heavy atom. The first-order valence-corrected chi connectivity index (χ1v) is 14.6. The Bertz CT molecular complexity index is 878. The van der Waals surface area contributed by atoms with Crippen LogP contribution in [0.25, 0.3) is 0 Å². The van der Waals surface area contributed by atoms with E-state index in [1.165, 1.54) is 31.4 Å². The Hall–Kier alpha value is -1.65. The van der Waals surface area contributed by atoms with Crippen molar-refractivity contribution in [2.45, 2.75) is 127 Å². The summed E-state index contributed by atoms with van der Waals surface area (Å²) in [5.74, 6) is 1.12. The van der Waals surface area contributed by atoms with Crippen molar-refractivity contribution >= 4 is 17.7 Å². The number of nitrogens with one attached hydrogen (secondary N) is 1. The van der Waals surface area contributed by atoms with E-state index in [1.807, 2.05) is 0 Å². The van der Waals surface area contributed by atoms with E-state index < -0.39 is 0 Å². The van der Waals surface area contributed by atoms with Gasteiger partial charge in [-0.1, -0.05) is 75.7 Å². The van der Waals surface area contributed by atoms with Crippen molar-refractivity contribution in [3.63, 3.8) is 0 Å². The Morgan fingerprint density at radius 1 is 1.03 bits per heavy atom. The number of hydrogen-bond acceptors (Lipinski definition) is 3. The summed E-state index contributed by atoms with van der Waals surface area (Å²) in [6.45, 7) is 28.5. The van der Waals surface area contributed by atoms with Gasteiger partial charge in [0.1, 0.15) is 0 Å². The fourth-order valence-electron chi connectivity index (χ4n) is 7.08. The lowest BCUT2D eigenvalue weighted by atomic mass is 9.55. The molecule has 0 radical (unpaired) electrons. The summed E-state index contributed by atoms with van der Waals surface area (Å²) in [7, 11) is 0. The quantitative estimate of drug-likeness (QED) is 0.249. The van der Waals surface area contributed by atoms with E-state index in [2.05, 4.69) is 88.4 Å². The van der Waals surface area contributed by atoms with Crippen molar-refractivity contribution in [1.29, 1.82) is 0 Å². The third-order valence-corrected chi connectivity index (χ3v) is 11.0. The number of rotatable bonds is 14. The van der Waals surface area contributed by atoms with E-state index in [9.17, 15) is 14.4 Å². The molecule has 1 aliphatic heterocycles. The molecular weight excluding hydrogens is 460 g/mol. The molecule has 3 atom stereocenters. The van der Waals surface area contributed by atoms with Gasteiger partial charge in [0, 0.05) is 30.7 Å². The van der Waals surface area contributed by atoms with Crippen molar-refractivity contribution in [3.05, 3.63) is 12.2 Å². The van der Waals surface area contributed by atoms with Crippen LogP contribution in [0.4, 0.5) is 0 Å². The second kappa shape index (κ2) is 10.8. The highest BCUT2D eigenvalue weighted by atomic mass is 16.2. The normalized spacial score (nSPS) is 23.7. The number of hydrogen-bond donors (Lipinski definition) is 1. The third-order valence-electron chi connectivity index (χ3n) is 11.0. The Morgan fingerprint density at radius 2 is 1.57 bits per heavy atom. The molecule has 0 aromatic rings. The molecule has 1 fully saturated rings. The van der Waals surface area contributed by atoms with Crippen molar-refractivity contribution in [2.75, 3.05) is 6.54 Å². The number of carbonyl (C=O) groups is 3. The molecular formula is C32H56N2O3. The van der Waals surface area contributed by atoms with E-state index in [-0.39, 0.29) is 57.9 Å². The van der Waals surface area contributed by atoms with Gasteiger partial charge in [0.25, 0.3) is 11.8 Å². The summed E-state index contributed by atoms with van der Waals surface area (Å²) in [6, 6.07) is 0. The van der Waals surface area contributed by atoms with Gasteiger partial charge in [-0.15, -0.1) is 0 Å². The molecule has 1 aliphatic carbocycles. The molecule has 0 bridgehead atoms. The molecule has 0 aromatic carbocycles.